The van der Waals surface area contributed by atoms with Gasteiger partial charge in [0.2, 0.25) is 0 Å². The van der Waals surface area contributed by atoms with Gasteiger partial charge in [0.25, 0.3) is 5.92 Å². The number of hydrogen-bond acceptors (Lipinski definition) is 3. The van der Waals surface area contributed by atoms with Gasteiger partial charge in [-0.2, -0.15) is 13.2 Å². The van der Waals surface area contributed by atoms with E-state index in [4.69, 9.17) is 0 Å². The van der Waals surface area contributed by atoms with Gasteiger partial charge in [-0.3, -0.25) is 14.8 Å². The first-order chi connectivity index (χ1) is 17.6. The monoisotopic (exact) mass is 510 g/mol. The SMILES string of the molecule is CCC(F)(F)c1ccc(CC(=O)Cc2ccc(-c3nccnc3-c3ccc(C(F)(F)F)cc3)cc2)cc1. The molecule has 8 heteroatoms. The van der Waals surface area contributed by atoms with Crippen molar-refractivity contribution in [2.45, 2.75) is 38.3 Å². The second-order valence-corrected chi connectivity index (χ2v) is 8.67. The molecule has 0 saturated heterocycles. The molecule has 0 amide bonds. The summed E-state index contributed by atoms with van der Waals surface area (Å²) in [7, 11) is 0. The molecule has 0 aliphatic heterocycles. The quantitative estimate of drug-likeness (QED) is 0.228. The standard InChI is InChI=1S/C29H23F5N2O/c1-2-28(30,31)23-11-5-20(6-12-23)18-25(37)17-19-3-7-21(8-4-19)26-27(36-16-15-35-26)22-9-13-24(14-10-22)29(32,33)34/h3-16H,2,17-18H2,1H3. The number of nitrogens with zero attached hydrogens (tertiary/aromatic N) is 2. The van der Waals surface area contributed by atoms with Crippen LogP contribution in [0.2, 0.25) is 0 Å². The van der Waals surface area contributed by atoms with Crippen LogP contribution in [0.1, 0.15) is 35.6 Å². The molecule has 190 valence electrons. The van der Waals surface area contributed by atoms with Gasteiger partial charge in [0, 0.05) is 48.3 Å². The Hall–Kier alpha value is -3.94. The number of halogens is 5. The summed E-state index contributed by atoms with van der Waals surface area (Å²) >= 11 is 0. The number of carbonyl (C=O) groups is 1. The molecule has 0 spiro atoms. The van der Waals surface area contributed by atoms with Crippen LogP contribution >= 0.6 is 0 Å². The van der Waals surface area contributed by atoms with Gasteiger partial charge in [0.1, 0.15) is 5.78 Å². The molecule has 0 fully saturated rings. The van der Waals surface area contributed by atoms with Crippen molar-refractivity contribution in [1.82, 2.24) is 9.97 Å². The fraction of sp³-hybridized carbons (Fsp3) is 0.207. The van der Waals surface area contributed by atoms with Gasteiger partial charge in [-0.05, 0) is 23.3 Å². The minimum absolute atomic E-state index is 0.0623. The van der Waals surface area contributed by atoms with Crippen LogP contribution in [0.5, 0.6) is 0 Å². The van der Waals surface area contributed by atoms with E-state index in [9.17, 15) is 26.7 Å². The van der Waals surface area contributed by atoms with Crippen molar-refractivity contribution in [2.75, 3.05) is 0 Å². The van der Waals surface area contributed by atoms with Crippen molar-refractivity contribution >= 4 is 5.78 Å². The molecule has 3 nitrogen and oxygen atoms in total. The Bertz CT molecular complexity index is 1360. The minimum atomic E-state index is -4.43. The number of rotatable bonds is 8. The van der Waals surface area contributed by atoms with Crippen LogP contribution in [0.25, 0.3) is 22.5 Å². The molecule has 4 rings (SSSR count). The highest BCUT2D eigenvalue weighted by Gasteiger charge is 2.30. The van der Waals surface area contributed by atoms with Crippen molar-refractivity contribution in [3.8, 4) is 22.5 Å². The predicted octanol–water partition coefficient (Wildman–Crippen LogP) is 7.69. The molecule has 0 aliphatic carbocycles. The summed E-state index contributed by atoms with van der Waals surface area (Å²) in [4.78, 5) is 21.2. The number of benzene rings is 3. The van der Waals surface area contributed by atoms with E-state index in [-0.39, 0.29) is 30.6 Å². The molecule has 1 heterocycles. The van der Waals surface area contributed by atoms with Gasteiger partial charge in [-0.15, -0.1) is 0 Å². The van der Waals surface area contributed by atoms with Crippen molar-refractivity contribution in [2.24, 2.45) is 0 Å². The fourth-order valence-electron chi connectivity index (χ4n) is 3.95. The predicted molar refractivity (Wildman–Crippen MR) is 131 cm³/mol. The van der Waals surface area contributed by atoms with Gasteiger partial charge in [0.15, 0.2) is 0 Å². The van der Waals surface area contributed by atoms with Crippen LogP contribution in [-0.4, -0.2) is 15.8 Å². The van der Waals surface area contributed by atoms with Gasteiger partial charge in [0.05, 0.1) is 17.0 Å². The van der Waals surface area contributed by atoms with Gasteiger partial charge >= 0.3 is 6.18 Å². The average molecular weight is 511 g/mol. The molecule has 4 aromatic rings. The number of ketones is 1. The van der Waals surface area contributed by atoms with Crippen LogP contribution in [0.4, 0.5) is 22.0 Å². The molecule has 0 N–H and O–H groups in total. The summed E-state index contributed by atoms with van der Waals surface area (Å²) in [6, 6.07) is 17.7. The third kappa shape index (κ3) is 6.25. The highest BCUT2D eigenvalue weighted by atomic mass is 19.4. The average Bonchev–Trinajstić information content (AvgIpc) is 2.89. The maximum Gasteiger partial charge on any atom is 0.416 e. The molecule has 0 atom stereocenters. The summed E-state index contributed by atoms with van der Waals surface area (Å²) in [5, 5.41) is 0. The Balaban J connectivity index is 1.46. The number of alkyl halides is 5. The van der Waals surface area contributed by atoms with E-state index in [0.717, 1.165) is 17.7 Å². The molecular weight excluding hydrogens is 487 g/mol. The Kier molecular flexibility index (Phi) is 7.47. The summed E-state index contributed by atoms with van der Waals surface area (Å²) in [6.07, 6.45) is -1.45. The van der Waals surface area contributed by atoms with Crippen LogP contribution in [0.15, 0.2) is 85.2 Å². The summed E-state index contributed by atoms with van der Waals surface area (Å²) in [6.45, 7) is 1.42. The zero-order chi connectivity index (χ0) is 26.6. The highest BCUT2D eigenvalue weighted by Crippen LogP contribution is 2.33. The highest BCUT2D eigenvalue weighted by molar-refractivity contribution is 5.83. The Morgan fingerprint density at radius 1 is 0.649 bits per heavy atom. The lowest BCUT2D eigenvalue weighted by Gasteiger charge is -2.14. The number of hydrogen-bond donors (Lipinski definition) is 0. The number of aromatic nitrogens is 2. The van der Waals surface area contributed by atoms with E-state index in [1.165, 1.54) is 43.6 Å². The normalized spacial score (nSPS) is 11.9. The molecule has 0 unspecified atom stereocenters. The summed E-state index contributed by atoms with van der Waals surface area (Å²) in [5.74, 6) is -2.95. The number of carbonyl (C=O) groups excluding carboxylic acids is 1. The van der Waals surface area contributed by atoms with Crippen molar-refractivity contribution in [3.63, 3.8) is 0 Å². The lowest BCUT2D eigenvalue weighted by molar-refractivity contribution is -0.137. The van der Waals surface area contributed by atoms with Gasteiger partial charge in [-0.1, -0.05) is 67.6 Å². The molecular formula is C29H23F5N2O. The topological polar surface area (TPSA) is 42.9 Å². The van der Waals surface area contributed by atoms with E-state index in [0.29, 0.717) is 28.1 Å². The van der Waals surface area contributed by atoms with E-state index < -0.39 is 17.7 Å². The third-order valence-corrected chi connectivity index (χ3v) is 6.03. The van der Waals surface area contributed by atoms with Crippen molar-refractivity contribution < 1.29 is 26.7 Å². The Labute approximate surface area is 211 Å². The first-order valence-electron chi connectivity index (χ1n) is 11.6. The van der Waals surface area contributed by atoms with Gasteiger partial charge < -0.3 is 0 Å². The molecule has 1 aromatic heterocycles. The van der Waals surface area contributed by atoms with E-state index in [1.54, 1.807) is 36.4 Å². The van der Waals surface area contributed by atoms with E-state index in [1.807, 2.05) is 0 Å². The molecule has 0 aliphatic rings. The Morgan fingerprint density at radius 3 is 1.49 bits per heavy atom. The first kappa shape index (κ1) is 26.1. The fourth-order valence-corrected chi connectivity index (χ4v) is 3.95. The maximum atomic E-state index is 13.8. The van der Waals surface area contributed by atoms with Crippen molar-refractivity contribution in [3.05, 3.63) is 107 Å². The molecule has 0 saturated carbocycles. The second kappa shape index (κ2) is 10.6. The Morgan fingerprint density at radius 2 is 1.05 bits per heavy atom. The molecule has 3 aromatic carbocycles. The minimum Gasteiger partial charge on any atom is -0.299 e. The largest absolute Gasteiger partial charge is 0.416 e. The molecule has 37 heavy (non-hydrogen) atoms. The zero-order valence-electron chi connectivity index (χ0n) is 19.9. The molecule has 0 radical (unpaired) electrons. The lowest BCUT2D eigenvalue weighted by atomic mass is 9.98. The third-order valence-electron chi connectivity index (χ3n) is 6.03. The summed E-state index contributed by atoms with van der Waals surface area (Å²) in [5.41, 5.74) is 2.76. The smallest absolute Gasteiger partial charge is 0.299 e. The van der Waals surface area contributed by atoms with Gasteiger partial charge in [-0.25, -0.2) is 8.78 Å². The number of Topliss-reactive ketones (excluding diaryl/α,β-unsaturated/α-hetero) is 1. The lowest BCUT2D eigenvalue weighted by Crippen LogP contribution is -2.12. The van der Waals surface area contributed by atoms with Crippen LogP contribution in [0.3, 0.4) is 0 Å². The van der Waals surface area contributed by atoms with E-state index in [2.05, 4.69) is 9.97 Å². The molecule has 0 bridgehead atoms. The summed E-state index contributed by atoms with van der Waals surface area (Å²) < 4.78 is 66.3. The maximum absolute atomic E-state index is 13.8. The van der Waals surface area contributed by atoms with Crippen molar-refractivity contribution in [1.29, 1.82) is 0 Å². The first-order valence-corrected chi connectivity index (χ1v) is 11.6. The van der Waals surface area contributed by atoms with Crippen LogP contribution in [0, 0.1) is 0 Å². The zero-order valence-corrected chi connectivity index (χ0v) is 19.9. The van der Waals surface area contributed by atoms with Crippen LogP contribution < -0.4 is 0 Å². The van der Waals surface area contributed by atoms with Crippen LogP contribution in [-0.2, 0) is 29.7 Å². The second-order valence-electron chi connectivity index (χ2n) is 8.67. The van der Waals surface area contributed by atoms with E-state index >= 15 is 0 Å².